The summed E-state index contributed by atoms with van der Waals surface area (Å²) in [5.41, 5.74) is 0. The predicted molar refractivity (Wildman–Crippen MR) is 84.3 cm³/mol. The van der Waals surface area contributed by atoms with Crippen LogP contribution in [0.2, 0.25) is 0 Å². The molecular formula is C16H31N3O2. The summed E-state index contributed by atoms with van der Waals surface area (Å²) in [4.78, 5) is 14.4. The Balaban J connectivity index is 1.67. The van der Waals surface area contributed by atoms with Crippen molar-refractivity contribution in [1.29, 1.82) is 0 Å². The quantitative estimate of drug-likeness (QED) is 0.666. The molecule has 2 aliphatic rings. The minimum atomic E-state index is 0.171. The molecule has 2 fully saturated rings. The minimum Gasteiger partial charge on any atom is -0.379 e. The molecular weight excluding hydrogens is 266 g/mol. The maximum atomic E-state index is 11.9. The monoisotopic (exact) mass is 297 g/mol. The van der Waals surface area contributed by atoms with Crippen molar-refractivity contribution >= 4 is 5.91 Å². The normalized spacial score (nSPS) is 21.5. The fraction of sp³-hybridized carbons (Fsp3) is 0.938. The third-order valence-electron chi connectivity index (χ3n) is 4.20. The van der Waals surface area contributed by atoms with Gasteiger partial charge in [-0.25, -0.2) is 0 Å². The van der Waals surface area contributed by atoms with Crippen LogP contribution in [0.5, 0.6) is 0 Å². The topological polar surface area (TPSA) is 53.6 Å². The lowest BCUT2D eigenvalue weighted by Gasteiger charge is -2.35. The molecule has 122 valence electrons. The molecule has 0 radical (unpaired) electrons. The molecule has 2 rings (SSSR count). The number of rotatable bonds is 9. The van der Waals surface area contributed by atoms with Crippen molar-refractivity contribution in [2.24, 2.45) is 5.92 Å². The van der Waals surface area contributed by atoms with Crippen molar-refractivity contribution in [3.05, 3.63) is 0 Å². The Morgan fingerprint density at radius 2 is 2.00 bits per heavy atom. The first kappa shape index (κ1) is 16.7. The first-order valence-corrected chi connectivity index (χ1v) is 8.47. The van der Waals surface area contributed by atoms with Crippen molar-refractivity contribution in [3.63, 3.8) is 0 Å². The molecule has 1 heterocycles. The van der Waals surface area contributed by atoms with Crippen LogP contribution in [-0.2, 0) is 9.53 Å². The van der Waals surface area contributed by atoms with Gasteiger partial charge in [-0.3, -0.25) is 9.69 Å². The van der Waals surface area contributed by atoms with Crippen molar-refractivity contribution < 1.29 is 9.53 Å². The Hall–Kier alpha value is -0.650. The van der Waals surface area contributed by atoms with E-state index in [9.17, 15) is 4.79 Å². The van der Waals surface area contributed by atoms with Crippen LogP contribution in [0, 0.1) is 5.92 Å². The highest BCUT2D eigenvalue weighted by atomic mass is 16.5. The third kappa shape index (κ3) is 6.76. The highest BCUT2D eigenvalue weighted by Crippen LogP contribution is 2.18. The molecule has 5 nitrogen and oxygen atoms in total. The number of carbonyl (C=O) groups is 1. The van der Waals surface area contributed by atoms with Crippen molar-refractivity contribution in [3.8, 4) is 0 Å². The number of amides is 1. The molecule has 0 aromatic heterocycles. The van der Waals surface area contributed by atoms with Crippen molar-refractivity contribution in [2.75, 3.05) is 39.4 Å². The largest absolute Gasteiger partial charge is 0.379 e. The Morgan fingerprint density at radius 1 is 1.29 bits per heavy atom. The van der Waals surface area contributed by atoms with E-state index in [0.29, 0.717) is 24.4 Å². The van der Waals surface area contributed by atoms with Gasteiger partial charge in [-0.05, 0) is 25.2 Å². The lowest BCUT2D eigenvalue weighted by atomic mass is 10.0. The zero-order valence-electron chi connectivity index (χ0n) is 13.6. The average Bonchev–Trinajstić information content (AvgIpc) is 3.28. The van der Waals surface area contributed by atoms with Gasteiger partial charge in [0.1, 0.15) is 0 Å². The van der Waals surface area contributed by atoms with Gasteiger partial charge in [-0.15, -0.1) is 0 Å². The lowest BCUT2D eigenvalue weighted by Crippen LogP contribution is -2.49. The van der Waals surface area contributed by atoms with E-state index in [0.717, 1.165) is 45.8 Å². The van der Waals surface area contributed by atoms with E-state index in [-0.39, 0.29) is 5.91 Å². The fourth-order valence-corrected chi connectivity index (χ4v) is 2.85. The van der Waals surface area contributed by atoms with Crippen LogP contribution in [0.1, 0.15) is 39.5 Å². The van der Waals surface area contributed by atoms with E-state index in [1.54, 1.807) is 0 Å². The molecule has 0 aromatic rings. The Bertz CT molecular complexity index is 313. The molecule has 2 N–H and O–H groups in total. The van der Waals surface area contributed by atoms with E-state index in [1.165, 1.54) is 12.8 Å². The second-order valence-electron chi connectivity index (χ2n) is 6.71. The molecule has 1 saturated heterocycles. The molecule has 5 heteroatoms. The maximum absolute atomic E-state index is 11.9. The molecule has 21 heavy (non-hydrogen) atoms. The van der Waals surface area contributed by atoms with Gasteiger partial charge in [-0.1, -0.05) is 13.8 Å². The van der Waals surface area contributed by atoms with Crippen LogP contribution in [0.25, 0.3) is 0 Å². The first-order chi connectivity index (χ1) is 10.1. The Labute approximate surface area is 128 Å². The van der Waals surface area contributed by atoms with E-state index in [4.69, 9.17) is 4.74 Å². The number of hydrogen-bond donors (Lipinski definition) is 2. The Morgan fingerprint density at radius 3 is 2.62 bits per heavy atom. The fourth-order valence-electron chi connectivity index (χ4n) is 2.85. The predicted octanol–water partition coefficient (Wildman–Crippen LogP) is 0.992. The highest BCUT2D eigenvalue weighted by molar-refractivity contribution is 5.76. The van der Waals surface area contributed by atoms with Gasteiger partial charge in [0.25, 0.3) is 0 Å². The van der Waals surface area contributed by atoms with Crippen LogP contribution in [0.4, 0.5) is 0 Å². The van der Waals surface area contributed by atoms with Gasteiger partial charge in [0.05, 0.1) is 13.2 Å². The summed E-state index contributed by atoms with van der Waals surface area (Å²) >= 11 is 0. The summed E-state index contributed by atoms with van der Waals surface area (Å²) in [7, 11) is 0. The number of nitrogens with one attached hydrogen (secondary N) is 2. The maximum Gasteiger partial charge on any atom is 0.221 e. The lowest BCUT2D eigenvalue weighted by molar-refractivity contribution is -0.121. The summed E-state index contributed by atoms with van der Waals surface area (Å²) in [5, 5.41) is 6.50. The zero-order valence-corrected chi connectivity index (χ0v) is 13.6. The smallest absolute Gasteiger partial charge is 0.221 e. The van der Waals surface area contributed by atoms with Crippen LogP contribution < -0.4 is 10.6 Å². The molecule has 1 unspecified atom stereocenters. The average molecular weight is 297 g/mol. The molecule has 1 atom stereocenters. The first-order valence-electron chi connectivity index (χ1n) is 8.47. The van der Waals surface area contributed by atoms with Gasteiger partial charge >= 0.3 is 0 Å². The number of ether oxygens (including phenoxy) is 1. The zero-order chi connectivity index (χ0) is 15.1. The van der Waals surface area contributed by atoms with Crippen LogP contribution >= 0.6 is 0 Å². The standard InChI is InChI=1S/C16H31N3O2/c1-13(2)11-15(19-7-9-21-10-8-19)12-18-16(20)5-6-17-14-3-4-14/h13-15,17H,3-12H2,1-2H3,(H,18,20). The molecule has 0 aromatic carbocycles. The second kappa shape index (κ2) is 8.71. The van der Waals surface area contributed by atoms with Gasteiger partial charge in [-0.2, -0.15) is 0 Å². The number of nitrogens with zero attached hydrogens (tertiary/aromatic N) is 1. The molecule has 1 aliphatic heterocycles. The summed E-state index contributed by atoms with van der Waals surface area (Å²) < 4.78 is 5.42. The van der Waals surface area contributed by atoms with E-state index < -0.39 is 0 Å². The molecule has 0 bridgehead atoms. The summed E-state index contributed by atoms with van der Waals surface area (Å²) in [6.45, 7) is 9.65. The van der Waals surface area contributed by atoms with Gasteiger partial charge in [0, 0.05) is 44.7 Å². The number of hydrogen-bond acceptors (Lipinski definition) is 4. The molecule has 1 saturated carbocycles. The van der Waals surface area contributed by atoms with Crippen molar-refractivity contribution in [1.82, 2.24) is 15.5 Å². The molecule has 1 aliphatic carbocycles. The third-order valence-corrected chi connectivity index (χ3v) is 4.20. The summed E-state index contributed by atoms with van der Waals surface area (Å²) in [6, 6.07) is 1.12. The molecule has 1 amide bonds. The van der Waals surface area contributed by atoms with E-state index in [1.807, 2.05) is 0 Å². The van der Waals surface area contributed by atoms with E-state index in [2.05, 4.69) is 29.4 Å². The van der Waals surface area contributed by atoms with Gasteiger partial charge in [0.2, 0.25) is 5.91 Å². The second-order valence-corrected chi connectivity index (χ2v) is 6.71. The van der Waals surface area contributed by atoms with Crippen molar-refractivity contribution in [2.45, 2.75) is 51.6 Å². The highest BCUT2D eigenvalue weighted by Gasteiger charge is 2.23. The van der Waals surface area contributed by atoms with Crippen LogP contribution in [-0.4, -0.2) is 62.3 Å². The van der Waals surface area contributed by atoms with Gasteiger partial charge in [0.15, 0.2) is 0 Å². The SMILES string of the molecule is CC(C)CC(CNC(=O)CCNC1CC1)N1CCOCC1. The summed E-state index contributed by atoms with van der Waals surface area (Å²) in [6.07, 6.45) is 4.26. The minimum absolute atomic E-state index is 0.171. The number of carbonyl (C=O) groups excluding carboxylic acids is 1. The summed E-state index contributed by atoms with van der Waals surface area (Å²) in [5.74, 6) is 0.816. The van der Waals surface area contributed by atoms with Crippen LogP contribution in [0.15, 0.2) is 0 Å². The van der Waals surface area contributed by atoms with Crippen LogP contribution in [0.3, 0.4) is 0 Å². The van der Waals surface area contributed by atoms with Gasteiger partial charge < -0.3 is 15.4 Å². The number of morpholine rings is 1. The Kier molecular flexibility index (Phi) is 6.93. The molecule has 0 spiro atoms. The van der Waals surface area contributed by atoms with E-state index >= 15 is 0 Å².